The summed E-state index contributed by atoms with van der Waals surface area (Å²) in [4.78, 5) is 13.0. The van der Waals surface area contributed by atoms with Crippen LogP contribution >= 0.6 is 0 Å². The number of aromatic nitrogens is 1. The second kappa shape index (κ2) is 9.40. The van der Waals surface area contributed by atoms with Crippen LogP contribution < -0.4 is 10.2 Å². The number of halogens is 3. The Labute approximate surface area is 214 Å². The Bertz CT molecular complexity index is 1300. The Morgan fingerprint density at radius 3 is 2.14 bits per heavy atom. The second-order valence-corrected chi connectivity index (χ2v) is 10.3. The van der Waals surface area contributed by atoms with Gasteiger partial charge in [0.05, 0.1) is 35.0 Å². The third kappa shape index (κ3) is 4.96. The molecule has 0 N–H and O–H groups in total. The summed E-state index contributed by atoms with van der Waals surface area (Å²) in [5, 5.41) is -0.148. The number of ether oxygens (including phenoxy) is 2. The largest absolute Gasteiger partial charge is 0.494 e. The Morgan fingerprint density at radius 1 is 1.03 bits per heavy atom. The van der Waals surface area contributed by atoms with Gasteiger partial charge in [0.2, 0.25) is 0 Å². The van der Waals surface area contributed by atoms with E-state index < -0.39 is 41.7 Å². The SMILES string of the molecule is CCOC(=O)c1c(C(F)(F)F)c2cc(B3OC(C)(C)C(C)(C)O3)ccc2n1-c1ccc(OC(C)C)cc1. The second-order valence-electron chi connectivity index (χ2n) is 10.3. The highest BCUT2D eigenvalue weighted by Gasteiger charge is 2.52. The van der Waals surface area contributed by atoms with Gasteiger partial charge in [-0.2, -0.15) is 13.2 Å². The fourth-order valence-electron chi connectivity index (χ4n) is 4.33. The van der Waals surface area contributed by atoms with Crippen molar-refractivity contribution >= 4 is 29.5 Å². The minimum atomic E-state index is -4.83. The van der Waals surface area contributed by atoms with Gasteiger partial charge < -0.3 is 23.3 Å². The predicted molar refractivity (Wildman–Crippen MR) is 136 cm³/mol. The van der Waals surface area contributed by atoms with Gasteiger partial charge in [-0.3, -0.25) is 0 Å². The van der Waals surface area contributed by atoms with Crippen molar-refractivity contribution in [1.29, 1.82) is 0 Å². The number of carbonyl (C=O) groups is 1. The Kier molecular flexibility index (Phi) is 6.88. The van der Waals surface area contributed by atoms with Crippen LogP contribution in [0.3, 0.4) is 0 Å². The van der Waals surface area contributed by atoms with Gasteiger partial charge in [0.15, 0.2) is 0 Å². The van der Waals surface area contributed by atoms with Crippen molar-refractivity contribution in [3.63, 3.8) is 0 Å². The van der Waals surface area contributed by atoms with E-state index in [0.29, 0.717) is 16.9 Å². The molecule has 1 aromatic heterocycles. The highest BCUT2D eigenvalue weighted by molar-refractivity contribution is 6.62. The zero-order valence-corrected chi connectivity index (χ0v) is 22.0. The number of carbonyl (C=O) groups excluding carboxylic acids is 1. The van der Waals surface area contributed by atoms with Crippen LogP contribution in [0.25, 0.3) is 16.6 Å². The van der Waals surface area contributed by atoms with Crippen LogP contribution in [0.4, 0.5) is 13.2 Å². The van der Waals surface area contributed by atoms with Crippen molar-refractivity contribution in [1.82, 2.24) is 4.57 Å². The molecule has 1 aliphatic heterocycles. The summed E-state index contributed by atoms with van der Waals surface area (Å²) in [6.45, 7) is 12.7. The molecule has 1 fully saturated rings. The molecule has 0 unspecified atom stereocenters. The molecule has 4 rings (SSSR count). The average molecular weight is 517 g/mol. The van der Waals surface area contributed by atoms with Gasteiger partial charge in [-0.25, -0.2) is 4.79 Å². The summed E-state index contributed by atoms with van der Waals surface area (Å²) in [5.74, 6) is -0.502. The van der Waals surface area contributed by atoms with Gasteiger partial charge in [0, 0.05) is 11.1 Å². The fourth-order valence-corrected chi connectivity index (χ4v) is 4.33. The third-order valence-electron chi connectivity index (χ3n) is 6.74. The van der Waals surface area contributed by atoms with Gasteiger partial charge in [-0.05, 0) is 84.3 Å². The number of alkyl halides is 3. The van der Waals surface area contributed by atoms with E-state index in [4.69, 9.17) is 18.8 Å². The van der Waals surface area contributed by atoms with Crippen molar-refractivity contribution in [3.8, 4) is 11.4 Å². The maximum atomic E-state index is 14.6. The van der Waals surface area contributed by atoms with E-state index in [-0.39, 0.29) is 23.6 Å². The van der Waals surface area contributed by atoms with Crippen molar-refractivity contribution in [2.24, 2.45) is 0 Å². The molecule has 0 bridgehead atoms. The van der Waals surface area contributed by atoms with Crippen LogP contribution in [-0.4, -0.2) is 41.6 Å². The highest BCUT2D eigenvalue weighted by atomic mass is 19.4. The van der Waals surface area contributed by atoms with Gasteiger partial charge in [0.25, 0.3) is 0 Å². The lowest BCUT2D eigenvalue weighted by Crippen LogP contribution is -2.41. The molecular weight excluding hydrogens is 486 g/mol. The molecule has 2 aromatic carbocycles. The van der Waals surface area contributed by atoms with Gasteiger partial charge in [-0.1, -0.05) is 12.1 Å². The fraction of sp³-hybridized carbons (Fsp3) is 0.444. The molecule has 198 valence electrons. The van der Waals surface area contributed by atoms with Gasteiger partial charge >= 0.3 is 19.3 Å². The molecule has 10 heteroatoms. The number of benzene rings is 2. The Morgan fingerprint density at radius 2 is 1.62 bits per heavy atom. The van der Waals surface area contributed by atoms with Gasteiger partial charge in [-0.15, -0.1) is 0 Å². The topological polar surface area (TPSA) is 58.9 Å². The first-order valence-corrected chi connectivity index (χ1v) is 12.2. The molecule has 1 aliphatic rings. The third-order valence-corrected chi connectivity index (χ3v) is 6.74. The van der Waals surface area contributed by atoms with Crippen molar-refractivity contribution < 1.29 is 36.7 Å². The number of fused-ring (bicyclic) bond motifs is 1. The minimum Gasteiger partial charge on any atom is -0.491 e. The molecule has 0 amide bonds. The van der Waals surface area contributed by atoms with Gasteiger partial charge in [0.1, 0.15) is 11.4 Å². The number of hydrogen-bond donors (Lipinski definition) is 0. The molecule has 1 saturated heterocycles. The molecule has 0 atom stereocenters. The van der Waals surface area contributed by atoms with Crippen LogP contribution in [0.2, 0.25) is 0 Å². The number of esters is 1. The number of nitrogens with zero attached hydrogens (tertiary/aromatic N) is 1. The van der Waals surface area contributed by atoms with E-state index in [0.717, 1.165) is 0 Å². The standard InChI is InChI=1S/C27H31BF3NO5/c1-8-34-24(33)23-22(27(29,30)31)20-15-17(28-36-25(4,5)26(6,7)37-28)9-14-21(20)32(23)18-10-12-19(13-11-18)35-16(2)3/h9-16H,8H2,1-7H3. The first-order chi connectivity index (χ1) is 17.2. The summed E-state index contributed by atoms with van der Waals surface area (Å²) in [7, 11) is -0.864. The quantitative estimate of drug-likeness (QED) is 0.301. The van der Waals surface area contributed by atoms with Crippen LogP contribution in [0.1, 0.15) is 64.5 Å². The first-order valence-electron chi connectivity index (χ1n) is 12.2. The lowest BCUT2D eigenvalue weighted by Gasteiger charge is -2.32. The van der Waals surface area contributed by atoms with E-state index >= 15 is 0 Å². The molecule has 2 heterocycles. The van der Waals surface area contributed by atoms with Crippen LogP contribution in [0.15, 0.2) is 42.5 Å². The van der Waals surface area contributed by atoms with E-state index in [1.807, 2.05) is 41.5 Å². The summed E-state index contributed by atoms with van der Waals surface area (Å²) in [6, 6.07) is 11.1. The maximum Gasteiger partial charge on any atom is 0.494 e. The summed E-state index contributed by atoms with van der Waals surface area (Å²) in [6.07, 6.45) is -4.90. The number of hydrogen-bond acceptors (Lipinski definition) is 5. The molecule has 0 radical (unpaired) electrons. The Balaban J connectivity index is 1.95. The number of rotatable bonds is 6. The van der Waals surface area contributed by atoms with E-state index in [2.05, 4.69) is 0 Å². The molecule has 0 spiro atoms. The zero-order chi connectivity index (χ0) is 27.3. The highest BCUT2D eigenvalue weighted by Crippen LogP contribution is 2.42. The van der Waals surface area contributed by atoms with Crippen LogP contribution in [-0.2, 0) is 20.2 Å². The normalized spacial score (nSPS) is 17.0. The lowest BCUT2D eigenvalue weighted by atomic mass is 9.78. The smallest absolute Gasteiger partial charge is 0.491 e. The van der Waals surface area contributed by atoms with Crippen molar-refractivity contribution in [2.45, 2.75) is 71.9 Å². The Hall–Kier alpha value is -2.98. The molecular formula is C27H31BF3NO5. The first kappa shape index (κ1) is 27.1. The predicted octanol–water partition coefficient (Wildman–Crippen LogP) is 5.91. The monoisotopic (exact) mass is 517 g/mol. The minimum absolute atomic E-state index is 0.0708. The summed E-state index contributed by atoms with van der Waals surface area (Å²) in [5.41, 5.74) is -2.00. The van der Waals surface area contributed by atoms with E-state index in [1.54, 1.807) is 43.3 Å². The maximum absolute atomic E-state index is 14.6. The summed E-state index contributed by atoms with van der Waals surface area (Å²) < 4.78 is 67.9. The zero-order valence-electron chi connectivity index (χ0n) is 22.0. The van der Waals surface area contributed by atoms with Crippen LogP contribution in [0.5, 0.6) is 5.75 Å². The lowest BCUT2D eigenvalue weighted by molar-refractivity contribution is -0.136. The molecule has 0 saturated carbocycles. The average Bonchev–Trinajstić information content (AvgIpc) is 3.24. The molecule has 37 heavy (non-hydrogen) atoms. The van der Waals surface area contributed by atoms with Crippen LogP contribution in [0, 0.1) is 0 Å². The molecule has 0 aliphatic carbocycles. The molecule has 6 nitrogen and oxygen atoms in total. The molecule has 3 aromatic rings. The van der Waals surface area contributed by atoms with E-state index in [1.165, 1.54) is 10.6 Å². The summed E-state index contributed by atoms with van der Waals surface area (Å²) >= 11 is 0. The van der Waals surface area contributed by atoms with Crippen molar-refractivity contribution in [3.05, 3.63) is 53.7 Å². The van der Waals surface area contributed by atoms with Crippen molar-refractivity contribution in [2.75, 3.05) is 6.61 Å². The van der Waals surface area contributed by atoms with E-state index in [9.17, 15) is 18.0 Å².